The van der Waals surface area contributed by atoms with Crippen molar-refractivity contribution >= 4 is 17.9 Å². The van der Waals surface area contributed by atoms with Gasteiger partial charge in [0.1, 0.15) is 17.7 Å². The van der Waals surface area contributed by atoms with Crippen LogP contribution in [0.15, 0.2) is 54.6 Å². The number of nitrogens with zero attached hydrogens (tertiary/aromatic N) is 1. The molecule has 0 spiro atoms. The van der Waals surface area contributed by atoms with Crippen LogP contribution >= 0.6 is 0 Å². The van der Waals surface area contributed by atoms with Gasteiger partial charge in [0.15, 0.2) is 0 Å². The van der Waals surface area contributed by atoms with Gasteiger partial charge in [-0.1, -0.05) is 61.7 Å². The van der Waals surface area contributed by atoms with E-state index in [4.69, 9.17) is 11.2 Å². The molecule has 3 unspecified atom stereocenters. The average Bonchev–Trinajstić information content (AvgIpc) is 2.86. The van der Waals surface area contributed by atoms with Crippen molar-refractivity contribution in [3.63, 3.8) is 0 Å². The highest BCUT2D eigenvalue weighted by Gasteiger charge is 2.36. The molecule has 0 aliphatic carbocycles. The van der Waals surface area contributed by atoms with Gasteiger partial charge in [0.25, 0.3) is 0 Å². The standard InChI is InChI=1S/C31H41N3O4/c1-8-14-22(4)32-28(35)27(25-19-17-23(9-2)18-20-25)34(10-3)29(36)26(21-24-15-12-11-13-16-24)33-30(37)38-31(5,6)7/h2,11-13,15-20,22,26-27H,8,10,14,21H2,1,3-7H3,(H,32,35)(H,33,37). The number of rotatable bonds is 11. The van der Waals surface area contributed by atoms with Crippen molar-refractivity contribution in [2.45, 2.75) is 84.5 Å². The van der Waals surface area contributed by atoms with Gasteiger partial charge in [0.05, 0.1) is 0 Å². The molecule has 2 N–H and O–H groups in total. The van der Waals surface area contributed by atoms with Gasteiger partial charge >= 0.3 is 6.09 Å². The van der Waals surface area contributed by atoms with Gasteiger partial charge < -0.3 is 20.3 Å². The Bertz CT molecular complexity index is 1100. The van der Waals surface area contributed by atoms with Crippen LogP contribution in [0.25, 0.3) is 0 Å². The third-order valence-electron chi connectivity index (χ3n) is 5.96. The average molecular weight is 520 g/mol. The number of likely N-dealkylation sites (N-methyl/N-ethyl adjacent to an activating group) is 1. The third-order valence-corrected chi connectivity index (χ3v) is 5.96. The lowest BCUT2D eigenvalue weighted by molar-refractivity contribution is -0.142. The van der Waals surface area contributed by atoms with E-state index in [0.29, 0.717) is 11.1 Å². The van der Waals surface area contributed by atoms with E-state index in [-0.39, 0.29) is 30.8 Å². The first-order valence-corrected chi connectivity index (χ1v) is 13.2. The van der Waals surface area contributed by atoms with Gasteiger partial charge in [0, 0.05) is 24.6 Å². The first-order chi connectivity index (χ1) is 18.0. The van der Waals surface area contributed by atoms with E-state index < -0.39 is 23.8 Å². The number of hydrogen-bond acceptors (Lipinski definition) is 4. The smallest absolute Gasteiger partial charge is 0.408 e. The lowest BCUT2D eigenvalue weighted by Crippen LogP contribution is -2.54. The zero-order valence-corrected chi connectivity index (χ0v) is 23.4. The van der Waals surface area contributed by atoms with E-state index in [1.165, 1.54) is 4.90 Å². The van der Waals surface area contributed by atoms with Crippen molar-refractivity contribution in [3.8, 4) is 12.3 Å². The van der Waals surface area contributed by atoms with E-state index in [0.717, 1.165) is 18.4 Å². The van der Waals surface area contributed by atoms with Crippen LogP contribution in [0.5, 0.6) is 0 Å². The SMILES string of the molecule is C#Cc1ccc(C(C(=O)NC(C)CCC)N(CC)C(=O)C(Cc2ccccc2)NC(=O)OC(C)(C)C)cc1. The Morgan fingerprint density at radius 1 is 1.00 bits per heavy atom. The maximum absolute atomic E-state index is 14.1. The monoisotopic (exact) mass is 519 g/mol. The fourth-order valence-corrected chi connectivity index (χ4v) is 4.23. The number of alkyl carbamates (subject to hydrolysis) is 1. The fraction of sp³-hybridized carbons (Fsp3) is 0.452. The largest absolute Gasteiger partial charge is 0.444 e. The van der Waals surface area contributed by atoms with Gasteiger partial charge in [-0.25, -0.2) is 4.79 Å². The Labute approximate surface area is 227 Å². The van der Waals surface area contributed by atoms with Gasteiger partial charge in [-0.2, -0.15) is 0 Å². The van der Waals surface area contributed by atoms with Crippen LogP contribution in [0.1, 0.15) is 77.1 Å². The van der Waals surface area contributed by atoms with Gasteiger partial charge in [0.2, 0.25) is 11.8 Å². The molecule has 0 bridgehead atoms. The zero-order valence-electron chi connectivity index (χ0n) is 23.4. The molecule has 0 aromatic heterocycles. The molecule has 3 amide bonds. The molecule has 0 saturated heterocycles. The molecule has 0 heterocycles. The minimum absolute atomic E-state index is 0.0613. The first-order valence-electron chi connectivity index (χ1n) is 13.2. The van der Waals surface area contributed by atoms with Crippen LogP contribution in [0.3, 0.4) is 0 Å². The highest BCUT2D eigenvalue weighted by molar-refractivity contribution is 5.92. The summed E-state index contributed by atoms with van der Waals surface area (Å²) in [6, 6.07) is 14.6. The molecule has 0 aliphatic rings. The number of carbonyl (C=O) groups excluding carboxylic acids is 3. The van der Waals surface area contributed by atoms with E-state index in [1.807, 2.05) is 44.2 Å². The summed E-state index contributed by atoms with van der Waals surface area (Å²) in [6.07, 6.45) is 6.80. The second-order valence-corrected chi connectivity index (χ2v) is 10.4. The molecule has 0 fully saturated rings. The van der Waals surface area contributed by atoms with Gasteiger partial charge in [-0.15, -0.1) is 6.42 Å². The van der Waals surface area contributed by atoms with Gasteiger partial charge in [-0.3, -0.25) is 9.59 Å². The molecule has 0 aliphatic heterocycles. The molecular weight excluding hydrogens is 478 g/mol. The number of hydrogen-bond donors (Lipinski definition) is 2. The molecule has 38 heavy (non-hydrogen) atoms. The minimum Gasteiger partial charge on any atom is -0.444 e. The molecule has 204 valence electrons. The molecular formula is C31H41N3O4. The summed E-state index contributed by atoms with van der Waals surface area (Å²) in [4.78, 5) is 41.9. The quantitative estimate of drug-likeness (QED) is 0.409. The molecule has 3 atom stereocenters. The molecule has 2 aromatic carbocycles. The van der Waals surface area contributed by atoms with Crippen molar-refractivity contribution < 1.29 is 19.1 Å². The maximum Gasteiger partial charge on any atom is 0.408 e. The van der Waals surface area contributed by atoms with E-state index in [9.17, 15) is 14.4 Å². The van der Waals surface area contributed by atoms with Crippen LogP contribution < -0.4 is 10.6 Å². The highest BCUT2D eigenvalue weighted by Crippen LogP contribution is 2.24. The topological polar surface area (TPSA) is 87.7 Å². The van der Waals surface area contributed by atoms with E-state index in [2.05, 4.69) is 23.5 Å². The Morgan fingerprint density at radius 3 is 2.16 bits per heavy atom. The number of carbonyl (C=O) groups is 3. The second kappa shape index (κ2) is 14.2. The van der Waals surface area contributed by atoms with Crippen molar-refractivity contribution in [2.75, 3.05) is 6.54 Å². The van der Waals surface area contributed by atoms with Crippen LogP contribution in [0.2, 0.25) is 0 Å². The summed E-state index contributed by atoms with van der Waals surface area (Å²) in [5, 5.41) is 5.80. The van der Waals surface area contributed by atoms with E-state index in [1.54, 1.807) is 45.0 Å². The Balaban J connectivity index is 2.47. The number of nitrogens with one attached hydrogen (secondary N) is 2. The van der Waals surface area contributed by atoms with Crippen molar-refractivity contribution in [2.24, 2.45) is 0 Å². The summed E-state index contributed by atoms with van der Waals surface area (Å²) in [7, 11) is 0. The Kier molecular flexibility index (Phi) is 11.4. The van der Waals surface area contributed by atoms with Crippen LogP contribution in [0.4, 0.5) is 4.79 Å². The lowest BCUT2D eigenvalue weighted by atomic mass is 9.99. The number of benzene rings is 2. The fourth-order valence-electron chi connectivity index (χ4n) is 4.23. The van der Waals surface area contributed by atoms with Gasteiger partial charge in [-0.05, 0) is 64.3 Å². The minimum atomic E-state index is -0.944. The summed E-state index contributed by atoms with van der Waals surface area (Å²) in [6.45, 7) is 11.3. The predicted molar refractivity (Wildman–Crippen MR) is 150 cm³/mol. The summed E-state index contributed by atoms with van der Waals surface area (Å²) >= 11 is 0. The predicted octanol–water partition coefficient (Wildman–Crippen LogP) is 5.00. The number of amides is 3. The Morgan fingerprint density at radius 2 is 1.63 bits per heavy atom. The first kappa shape index (κ1) is 30.4. The van der Waals surface area contributed by atoms with Crippen LogP contribution in [-0.4, -0.2) is 47.0 Å². The van der Waals surface area contributed by atoms with Crippen molar-refractivity contribution in [1.82, 2.24) is 15.5 Å². The van der Waals surface area contributed by atoms with Crippen LogP contribution in [0, 0.1) is 12.3 Å². The Hall–Kier alpha value is -3.79. The zero-order chi connectivity index (χ0) is 28.3. The number of ether oxygens (including phenoxy) is 1. The number of terminal acetylenes is 1. The summed E-state index contributed by atoms with van der Waals surface area (Å²) < 4.78 is 5.45. The van der Waals surface area contributed by atoms with Crippen LogP contribution in [-0.2, 0) is 20.7 Å². The molecule has 2 aromatic rings. The summed E-state index contributed by atoms with van der Waals surface area (Å²) in [5.41, 5.74) is 1.45. The third kappa shape index (κ3) is 9.26. The molecule has 0 saturated carbocycles. The van der Waals surface area contributed by atoms with E-state index >= 15 is 0 Å². The summed E-state index contributed by atoms with van der Waals surface area (Å²) in [5.74, 6) is 1.91. The van der Waals surface area contributed by atoms with Crippen molar-refractivity contribution in [3.05, 3.63) is 71.3 Å². The normalized spacial score (nSPS) is 13.4. The lowest BCUT2D eigenvalue weighted by Gasteiger charge is -2.34. The molecule has 7 heteroatoms. The highest BCUT2D eigenvalue weighted by atomic mass is 16.6. The molecule has 0 radical (unpaired) electrons. The van der Waals surface area contributed by atoms with Crippen molar-refractivity contribution in [1.29, 1.82) is 0 Å². The molecule has 2 rings (SSSR count). The molecule has 7 nitrogen and oxygen atoms in total. The maximum atomic E-state index is 14.1. The second-order valence-electron chi connectivity index (χ2n) is 10.4.